The van der Waals surface area contributed by atoms with Gasteiger partial charge in [-0.2, -0.15) is 0 Å². The predicted octanol–water partition coefficient (Wildman–Crippen LogP) is 4.00. The van der Waals surface area contributed by atoms with Gasteiger partial charge in [0.1, 0.15) is 23.4 Å². The van der Waals surface area contributed by atoms with Gasteiger partial charge in [-0.1, -0.05) is 13.0 Å². The summed E-state index contributed by atoms with van der Waals surface area (Å²) in [4.78, 5) is 7.43. The Morgan fingerprint density at radius 2 is 1.79 bits per heavy atom. The number of sulfone groups is 1. The summed E-state index contributed by atoms with van der Waals surface area (Å²) in [6, 6.07) is 12.8. The molecule has 0 saturated heterocycles. The van der Waals surface area contributed by atoms with Crippen molar-refractivity contribution in [3.63, 3.8) is 0 Å². The number of H-pyrrole nitrogens is 1. The number of nitrogens with zero attached hydrogens (tertiary/aromatic N) is 1. The average Bonchev–Trinajstić information content (AvgIpc) is 3.40. The molecule has 0 bridgehead atoms. The van der Waals surface area contributed by atoms with Gasteiger partial charge < -0.3 is 24.9 Å². The minimum Gasteiger partial charge on any atom is -0.488 e. The zero-order valence-corrected chi connectivity index (χ0v) is 20.4. The van der Waals surface area contributed by atoms with Crippen LogP contribution in [-0.4, -0.2) is 48.5 Å². The highest BCUT2D eigenvalue weighted by atomic mass is 32.2. The summed E-state index contributed by atoms with van der Waals surface area (Å²) in [5.41, 5.74) is 3.78. The largest absolute Gasteiger partial charge is 0.488 e. The Balaban J connectivity index is 1.64. The van der Waals surface area contributed by atoms with E-state index in [1.165, 1.54) is 12.3 Å². The number of hydrogen-bond acceptors (Lipinski definition) is 7. The first-order chi connectivity index (χ1) is 16.1. The maximum absolute atomic E-state index is 11.7. The molecular weight excluding hydrogens is 454 g/mol. The Labute approximate surface area is 199 Å². The smallest absolute Gasteiger partial charge is 0.192 e. The van der Waals surface area contributed by atoms with Gasteiger partial charge in [0, 0.05) is 29.6 Å². The maximum atomic E-state index is 11.7. The second-order valence-corrected chi connectivity index (χ2v) is 10.6. The molecule has 3 atom stereocenters. The summed E-state index contributed by atoms with van der Waals surface area (Å²) >= 11 is 0. The lowest BCUT2D eigenvalue weighted by Gasteiger charge is -2.15. The number of pyridine rings is 1. The fourth-order valence-corrected chi connectivity index (χ4v) is 4.19. The van der Waals surface area contributed by atoms with Crippen LogP contribution in [-0.2, 0) is 9.84 Å². The van der Waals surface area contributed by atoms with Gasteiger partial charge in [0.15, 0.2) is 14.9 Å². The van der Waals surface area contributed by atoms with Crippen molar-refractivity contribution in [2.45, 2.75) is 37.9 Å². The molecular formula is C25H29N3O5S. The molecule has 0 fully saturated rings. The quantitative estimate of drug-likeness (QED) is 0.444. The van der Waals surface area contributed by atoms with Crippen LogP contribution in [0.1, 0.15) is 26.5 Å². The summed E-state index contributed by atoms with van der Waals surface area (Å²) in [5, 5.41) is 12.9. The summed E-state index contributed by atoms with van der Waals surface area (Å²) < 4.78 is 35.1. The van der Waals surface area contributed by atoms with Crippen molar-refractivity contribution in [2.75, 3.05) is 12.9 Å². The van der Waals surface area contributed by atoms with Crippen molar-refractivity contribution < 1.29 is 23.0 Å². The molecule has 0 radical (unpaired) electrons. The summed E-state index contributed by atoms with van der Waals surface area (Å²) in [5.74, 6) is 1.86. The monoisotopic (exact) mass is 483 g/mol. The number of aromatic amines is 1. The fourth-order valence-electron chi connectivity index (χ4n) is 3.63. The first-order valence-corrected chi connectivity index (χ1v) is 13.0. The van der Waals surface area contributed by atoms with Crippen LogP contribution in [0.25, 0.3) is 17.0 Å². The van der Waals surface area contributed by atoms with E-state index in [4.69, 9.17) is 9.47 Å². The van der Waals surface area contributed by atoms with Crippen LogP contribution in [0.4, 0.5) is 0 Å². The van der Waals surface area contributed by atoms with Crippen LogP contribution in [0.2, 0.25) is 0 Å². The van der Waals surface area contributed by atoms with E-state index < -0.39 is 15.9 Å². The van der Waals surface area contributed by atoms with E-state index in [0.29, 0.717) is 29.2 Å². The minimum absolute atomic E-state index is 0.0215. The Morgan fingerprint density at radius 3 is 2.41 bits per heavy atom. The molecule has 0 spiro atoms. The molecule has 1 aliphatic heterocycles. The highest BCUT2D eigenvalue weighted by Crippen LogP contribution is 2.34. The molecule has 8 nitrogen and oxygen atoms in total. The third-order valence-corrected chi connectivity index (χ3v) is 6.69. The van der Waals surface area contributed by atoms with Gasteiger partial charge in [0.25, 0.3) is 0 Å². The standard InChI is InChI=1S/C25H29N3O5S/c1-15-9-24(27-17(15)3)23-7-6-22(28-23)18-10-20(32-16(2)14-29)12-21(11-18)33-19-5-8-25(26-13-19)34(4,30)31/h5-13,15-17,27-29H,14H2,1-4H3/t15-,16+,17+/m1/s1. The third kappa shape index (κ3) is 5.43. The molecule has 34 heavy (non-hydrogen) atoms. The third-order valence-electron chi connectivity index (χ3n) is 5.69. The fraction of sp³-hybridized carbons (Fsp3) is 0.320. The molecule has 0 aliphatic carbocycles. The molecule has 3 heterocycles. The van der Waals surface area contributed by atoms with Crippen LogP contribution in [0.3, 0.4) is 0 Å². The molecule has 3 N–H and O–H groups in total. The van der Waals surface area contributed by atoms with E-state index in [-0.39, 0.29) is 11.6 Å². The highest BCUT2D eigenvalue weighted by molar-refractivity contribution is 7.90. The van der Waals surface area contributed by atoms with E-state index in [1.807, 2.05) is 24.3 Å². The zero-order chi connectivity index (χ0) is 24.5. The molecule has 4 rings (SSSR count). The molecule has 0 amide bonds. The number of benzene rings is 1. The highest BCUT2D eigenvalue weighted by Gasteiger charge is 2.21. The van der Waals surface area contributed by atoms with Gasteiger partial charge in [-0.15, -0.1) is 0 Å². The van der Waals surface area contributed by atoms with E-state index in [1.54, 1.807) is 19.1 Å². The molecule has 2 aromatic heterocycles. The summed E-state index contributed by atoms with van der Waals surface area (Å²) in [6.45, 7) is 5.98. The molecule has 0 saturated carbocycles. The van der Waals surface area contributed by atoms with E-state index in [9.17, 15) is 13.5 Å². The van der Waals surface area contributed by atoms with E-state index >= 15 is 0 Å². The lowest BCUT2D eigenvalue weighted by atomic mass is 10.1. The van der Waals surface area contributed by atoms with Crippen LogP contribution in [0.15, 0.2) is 59.8 Å². The average molecular weight is 484 g/mol. The Bertz CT molecular complexity index is 1300. The second kappa shape index (κ2) is 9.52. The van der Waals surface area contributed by atoms with Crippen LogP contribution >= 0.6 is 0 Å². The minimum atomic E-state index is -3.39. The molecule has 1 aromatic carbocycles. The predicted molar refractivity (Wildman–Crippen MR) is 131 cm³/mol. The lowest BCUT2D eigenvalue weighted by molar-refractivity contribution is 0.129. The van der Waals surface area contributed by atoms with Crippen LogP contribution < -0.4 is 14.8 Å². The van der Waals surface area contributed by atoms with Crippen molar-refractivity contribution in [3.8, 4) is 28.5 Å². The summed E-state index contributed by atoms with van der Waals surface area (Å²) in [6.07, 6.45) is 4.29. The lowest BCUT2D eigenvalue weighted by Crippen LogP contribution is -2.22. The number of aliphatic hydroxyl groups is 1. The Morgan fingerprint density at radius 1 is 1.06 bits per heavy atom. The number of hydrogen-bond donors (Lipinski definition) is 3. The van der Waals surface area contributed by atoms with Gasteiger partial charge in [-0.3, -0.25) is 0 Å². The van der Waals surface area contributed by atoms with Gasteiger partial charge in [-0.25, -0.2) is 13.4 Å². The first kappa shape index (κ1) is 23.8. The number of nitrogens with one attached hydrogen (secondary N) is 2. The normalized spacial score (nSPS) is 18.8. The molecule has 9 heteroatoms. The van der Waals surface area contributed by atoms with Crippen molar-refractivity contribution in [3.05, 3.63) is 60.4 Å². The summed E-state index contributed by atoms with van der Waals surface area (Å²) in [7, 11) is -3.39. The number of ether oxygens (including phenoxy) is 2. The number of aliphatic hydroxyl groups excluding tert-OH is 1. The van der Waals surface area contributed by atoms with Gasteiger partial charge in [-0.05, 0) is 56.2 Å². The van der Waals surface area contributed by atoms with Gasteiger partial charge >= 0.3 is 0 Å². The Hall–Kier alpha value is -3.30. The van der Waals surface area contributed by atoms with E-state index in [0.717, 1.165) is 28.9 Å². The number of rotatable bonds is 8. The van der Waals surface area contributed by atoms with Crippen molar-refractivity contribution in [2.24, 2.45) is 5.92 Å². The van der Waals surface area contributed by atoms with Gasteiger partial charge in [0.05, 0.1) is 24.2 Å². The number of aromatic nitrogens is 2. The SMILES string of the molecule is C[C@@H]1C=C(c2ccc(-c3cc(Oc4ccc(S(C)(=O)=O)nc4)cc(O[C@@H](C)CO)c3)[nH]2)N[C@H]1C. The first-order valence-electron chi connectivity index (χ1n) is 11.1. The van der Waals surface area contributed by atoms with Crippen molar-refractivity contribution >= 4 is 15.5 Å². The van der Waals surface area contributed by atoms with Crippen molar-refractivity contribution in [1.29, 1.82) is 0 Å². The molecule has 3 aromatic rings. The topological polar surface area (TPSA) is 114 Å². The second-order valence-electron chi connectivity index (χ2n) is 8.67. The van der Waals surface area contributed by atoms with Crippen LogP contribution in [0.5, 0.6) is 17.2 Å². The Kier molecular flexibility index (Phi) is 6.67. The van der Waals surface area contributed by atoms with Crippen LogP contribution in [0, 0.1) is 5.92 Å². The zero-order valence-electron chi connectivity index (χ0n) is 19.6. The van der Waals surface area contributed by atoms with Gasteiger partial charge in [0.2, 0.25) is 0 Å². The molecule has 1 aliphatic rings. The maximum Gasteiger partial charge on any atom is 0.192 e. The van der Waals surface area contributed by atoms with E-state index in [2.05, 4.69) is 35.2 Å². The molecule has 180 valence electrons. The molecule has 0 unspecified atom stereocenters. The van der Waals surface area contributed by atoms with Crippen molar-refractivity contribution in [1.82, 2.24) is 15.3 Å².